The molecule has 3 aromatic rings. The van der Waals surface area contributed by atoms with Gasteiger partial charge >= 0.3 is 5.51 Å². The molecule has 6 nitrogen and oxygen atoms in total. The van der Waals surface area contributed by atoms with Gasteiger partial charge in [0.25, 0.3) is 0 Å². The highest BCUT2D eigenvalue weighted by molar-refractivity contribution is 7.97. The molecule has 3 aromatic carbocycles. The van der Waals surface area contributed by atoms with Gasteiger partial charge in [-0.2, -0.15) is 13.2 Å². The van der Waals surface area contributed by atoms with Gasteiger partial charge in [0, 0.05) is 0 Å². The number of aromatic hydroxyl groups is 3. The van der Waals surface area contributed by atoms with Gasteiger partial charge in [-0.15, -0.1) is 0 Å². The topological polar surface area (TPSA) is 118 Å². The van der Waals surface area contributed by atoms with Crippen LogP contribution in [-0.2, 0) is 21.0 Å². The van der Waals surface area contributed by atoms with Crippen molar-refractivity contribution in [1.29, 1.82) is 0 Å². The fraction of sp³-hybridized carbons (Fsp3) is 0.0526. The van der Waals surface area contributed by atoms with E-state index in [0.29, 0.717) is 14.7 Å². The average Bonchev–Trinajstić information content (AvgIpc) is 2.65. The quantitative estimate of drug-likeness (QED) is 0.310. The summed E-state index contributed by atoms with van der Waals surface area (Å²) in [6.45, 7) is 0. The molecule has 0 heterocycles. The minimum absolute atomic E-state index is 0.136. The Morgan fingerprint density at radius 2 is 0.900 bits per heavy atom. The van der Waals surface area contributed by atoms with Crippen molar-refractivity contribution in [1.82, 2.24) is 0 Å². The van der Waals surface area contributed by atoms with E-state index in [4.69, 9.17) is 13.0 Å². The van der Waals surface area contributed by atoms with E-state index in [1.807, 2.05) is 18.2 Å². The Morgan fingerprint density at radius 1 is 0.667 bits per heavy atom. The maximum absolute atomic E-state index is 10.7. The zero-order valence-corrected chi connectivity index (χ0v) is 16.6. The van der Waals surface area contributed by atoms with Crippen LogP contribution in [0.1, 0.15) is 0 Å². The molecule has 0 atom stereocenters. The van der Waals surface area contributed by atoms with Crippen molar-refractivity contribution in [2.45, 2.75) is 20.2 Å². The highest BCUT2D eigenvalue weighted by Gasteiger charge is 2.37. The second-order valence-electron chi connectivity index (χ2n) is 5.61. The standard InChI is InChI=1S/C18H14O3S.CHF3O3S/c19-13-7-1-4-10-16(13)22(17-11-5-2-8-14(17)20)18-12-6-3-9-15(18)21;2-1(3,4)8(5,6)7/h1-12H,(H2-,19,20,21);(H,5,6,7). The molecule has 11 heteroatoms. The van der Waals surface area contributed by atoms with Crippen LogP contribution in [0.5, 0.6) is 17.2 Å². The summed E-state index contributed by atoms with van der Waals surface area (Å²) in [5.41, 5.74) is -5.65. The highest BCUT2D eigenvalue weighted by Crippen LogP contribution is 2.42. The molecule has 0 unspecified atom stereocenters. The Bertz CT molecular complexity index is 1010. The number of benzene rings is 3. The molecular weight excluding hydrogens is 445 g/mol. The lowest BCUT2D eigenvalue weighted by atomic mass is 10.3. The zero-order chi connectivity index (χ0) is 22.5. The van der Waals surface area contributed by atoms with Crippen LogP contribution >= 0.6 is 0 Å². The summed E-state index contributed by atoms with van der Waals surface area (Å²) in [6, 6.07) is 21.0. The van der Waals surface area contributed by atoms with E-state index in [-0.39, 0.29) is 17.2 Å². The van der Waals surface area contributed by atoms with Gasteiger partial charge in [-0.1, -0.05) is 36.4 Å². The number of alkyl halides is 3. The van der Waals surface area contributed by atoms with Crippen LogP contribution in [0.25, 0.3) is 0 Å². The van der Waals surface area contributed by atoms with Gasteiger partial charge in [0.1, 0.15) is 10.9 Å². The van der Waals surface area contributed by atoms with Crippen molar-refractivity contribution in [2.75, 3.05) is 0 Å². The van der Waals surface area contributed by atoms with E-state index < -0.39 is 26.5 Å². The maximum atomic E-state index is 10.7. The summed E-state index contributed by atoms with van der Waals surface area (Å²) in [5.74, 6) is 0.409. The summed E-state index contributed by atoms with van der Waals surface area (Å²) in [6.07, 6.45) is 0. The predicted molar refractivity (Wildman–Crippen MR) is 102 cm³/mol. The number of para-hydroxylation sites is 3. The van der Waals surface area contributed by atoms with Gasteiger partial charge in [0.15, 0.2) is 27.4 Å². The Labute approximate surface area is 173 Å². The van der Waals surface area contributed by atoms with Crippen LogP contribution in [0, 0.1) is 0 Å². The molecule has 0 aromatic heterocycles. The van der Waals surface area contributed by atoms with Crippen LogP contribution in [0.15, 0.2) is 87.5 Å². The molecule has 0 fully saturated rings. The van der Waals surface area contributed by atoms with Crippen molar-refractivity contribution < 1.29 is 41.5 Å². The second-order valence-corrected chi connectivity index (χ2v) is 8.91. The monoisotopic (exact) mass is 460 g/mol. The van der Waals surface area contributed by atoms with E-state index in [2.05, 4.69) is 0 Å². The largest absolute Gasteiger partial charge is 0.741 e. The first-order valence-electron chi connectivity index (χ1n) is 8.04. The molecule has 0 saturated carbocycles. The number of phenols is 3. The number of hydrogen-bond donors (Lipinski definition) is 3. The Morgan fingerprint density at radius 3 is 1.10 bits per heavy atom. The van der Waals surface area contributed by atoms with Crippen molar-refractivity contribution in [3.63, 3.8) is 0 Å². The summed E-state index contributed by atoms with van der Waals surface area (Å²) in [7, 11) is -6.89. The molecule has 0 aliphatic carbocycles. The van der Waals surface area contributed by atoms with Gasteiger partial charge in [-0.05, 0) is 36.4 Å². The lowest BCUT2D eigenvalue weighted by Gasteiger charge is -2.11. The summed E-state index contributed by atoms with van der Waals surface area (Å²) in [5, 5.41) is 30.7. The molecule has 0 aliphatic heterocycles. The van der Waals surface area contributed by atoms with Crippen molar-refractivity contribution in [3.8, 4) is 17.2 Å². The molecule has 0 aliphatic rings. The number of hydrogen-bond acceptors (Lipinski definition) is 6. The molecular formula is C19H15F3O6S2. The van der Waals surface area contributed by atoms with Crippen LogP contribution < -0.4 is 0 Å². The lowest BCUT2D eigenvalue weighted by Crippen LogP contribution is -2.21. The smallest absolute Gasteiger partial charge is 0.485 e. The summed E-state index contributed by atoms with van der Waals surface area (Å²) < 4.78 is 58.9. The average molecular weight is 460 g/mol. The third kappa shape index (κ3) is 5.59. The van der Waals surface area contributed by atoms with E-state index in [1.165, 1.54) is 0 Å². The predicted octanol–water partition coefficient (Wildman–Crippen LogP) is 3.95. The minimum atomic E-state index is -6.09. The molecule has 3 N–H and O–H groups in total. The molecule has 0 amide bonds. The normalized spacial score (nSPS) is 11.6. The first-order chi connectivity index (χ1) is 13.9. The van der Waals surface area contributed by atoms with E-state index in [1.54, 1.807) is 54.6 Å². The van der Waals surface area contributed by atoms with Crippen molar-refractivity contribution in [3.05, 3.63) is 72.8 Å². The maximum Gasteiger partial charge on any atom is 0.485 e. The van der Waals surface area contributed by atoms with Crippen LogP contribution in [0.3, 0.4) is 0 Å². The summed E-state index contributed by atoms with van der Waals surface area (Å²) in [4.78, 5) is 1.97. The van der Waals surface area contributed by atoms with Crippen molar-refractivity contribution in [2.24, 2.45) is 0 Å². The molecule has 0 radical (unpaired) electrons. The molecule has 0 saturated heterocycles. The third-order valence-electron chi connectivity index (χ3n) is 3.54. The molecule has 0 spiro atoms. The van der Waals surface area contributed by atoms with Crippen molar-refractivity contribution >= 4 is 21.0 Å². The Kier molecular flexibility index (Phi) is 7.24. The van der Waals surface area contributed by atoms with E-state index in [9.17, 15) is 28.5 Å². The zero-order valence-electron chi connectivity index (χ0n) is 14.9. The lowest BCUT2D eigenvalue weighted by molar-refractivity contribution is -0.0517. The molecule has 30 heavy (non-hydrogen) atoms. The minimum Gasteiger partial charge on any atom is -0.741 e. The van der Waals surface area contributed by atoms with Gasteiger partial charge in [-0.25, -0.2) is 8.42 Å². The molecule has 0 bridgehead atoms. The number of rotatable bonds is 3. The van der Waals surface area contributed by atoms with Crippen LogP contribution in [-0.4, -0.2) is 33.8 Å². The Hall–Kier alpha value is -2.89. The van der Waals surface area contributed by atoms with Crippen LogP contribution in [0.4, 0.5) is 13.2 Å². The summed E-state index contributed by atoms with van der Waals surface area (Å²) >= 11 is 0. The highest BCUT2D eigenvalue weighted by atomic mass is 32.2. The molecule has 160 valence electrons. The number of halogens is 3. The second kappa shape index (κ2) is 9.28. The fourth-order valence-corrected chi connectivity index (χ4v) is 4.43. The van der Waals surface area contributed by atoms with Gasteiger partial charge in [-0.3, -0.25) is 0 Å². The van der Waals surface area contributed by atoms with E-state index >= 15 is 0 Å². The van der Waals surface area contributed by atoms with Gasteiger partial charge in [0.2, 0.25) is 14.7 Å². The fourth-order valence-electron chi connectivity index (χ4n) is 2.24. The van der Waals surface area contributed by atoms with Crippen LogP contribution in [0.2, 0.25) is 0 Å². The first kappa shape index (κ1) is 23.4. The van der Waals surface area contributed by atoms with Gasteiger partial charge in [0.05, 0.1) is 0 Å². The Balaban J connectivity index is 0.000000343. The van der Waals surface area contributed by atoms with Gasteiger partial charge < -0.3 is 19.9 Å². The first-order valence-corrected chi connectivity index (χ1v) is 10.7. The SMILES string of the molecule is O=S(=O)([O-])C(F)(F)F.Oc1ccccc1[S+](c1ccccc1O)c1ccccc1O. The third-order valence-corrected chi connectivity index (χ3v) is 6.46. The molecule has 3 rings (SSSR count). The number of phenolic OH excluding ortho intramolecular Hbond substituents is 3. The van der Waals surface area contributed by atoms with E-state index in [0.717, 1.165) is 0 Å².